The average molecular weight is 234 g/mol. The van der Waals surface area contributed by atoms with E-state index in [0.29, 0.717) is 6.04 Å². The van der Waals surface area contributed by atoms with Gasteiger partial charge in [0.1, 0.15) is 0 Å². The lowest BCUT2D eigenvalue weighted by atomic mass is 10.1. The largest absolute Gasteiger partial charge is 0.309 e. The smallest absolute Gasteiger partial charge is 0.0208 e. The number of nitrogens with one attached hydrogen (secondary N) is 1. The molecule has 2 nitrogen and oxygen atoms in total. The lowest BCUT2D eigenvalue weighted by molar-refractivity contribution is 0.309. The second-order valence-corrected chi connectivity index (χ2v) is 5.06. The van der Waals surface area contributed by atoms with Crippen LogP contribution in [0.4, 0.5) is 0 Å². The zero-order chi connectivity index (χ0) is 12.8. The monoisotopic (exact) mass is 234 g/mol. The Morgan fingerprint density at radius 1 is 1.24 bits per heavy atom. The standard InChI is InChI=1S/C15H26N2/c1-6-17(5)11-14(4)16-10-15-8-7-12(2)13(3)9-15/h7-9,14,16H,6,10-11H2,1-5H3. The van der Waals surface area contributed by atoms with Crippen LogP contribution < -0.4 is 5.32 Å². The van der Waals surface area contributed by atoms with Gasteiger partial charge < -0.3 is 10.2 Å². The van der Waals surface area contributed by atoms with Gasteiger partial charge in [-0.25, -0.2) is 0 Å². The van der Waals surface area contributed by atoms with E-state index in [1.54, 1.807) is 0 Å². The molecular formula is C15H26N2. The molecule has 0 amide bonds. The predicted octanol–water partition coefficient (Wildman–Crippen LogP) is 2.73. The number of benzene rings is 1. The van der Waals surface area contributed by atoms with Gasteiger partial charge in [0.15, 0.2) is 0 Å². The highest BCUT2D eigenvalue weighted by atomic mass is 15.1. The third-order valence-electron chi connectivity index (χ3n) is 3.35. The fraction of sp³-hybridized carbons (Fsp3) is 0.600. The van der Waals surface area contributed by atoms with Crippen LogP contribution in [0.1, 0.15) is 30.5 Å². The van der Waals surface area contributed by atoms with Crippen LogP contribution in [0, 0.1) is 13.8 Å². The minimum Gasteiger partial charge on any atom is -0.309 e. The molecule has 0 aliphatic carbocycles. The maximum atomic E-state index is 3.57. The van der Waals surface area contributed by atoms with Crippen LogP contribution in [0.5, 0.6) is 0 Å². The number of likely N-dealkylation sites (N-methyl/N-ethyl adjacent to an activating group) is 1. The van der Waals surface area contributed by atoms with Crippen LogP contribution in [-0.2, 0) is 6.54 Å². The topological polar surface area (TPSA) is 15.3 Å². The molecule has 17 heavy (non-hydrogen) atoms. The quantitative estimate of drug-likeness (QED) is 0.814. The average Bonchev–Trinajstić information content (AvgIpc) is 2.30. The third-order valence-corrected chi connectivity index (χ3v) is 3.35. The first-order valence-corrected chi connectivity index (χ1v) is 6.51. The number of aryl methyl sites for hydroxylation is 2. The summed E-state index contributed by atoms with van der Waals surface area (Å²) < 4.78 is 0. The van der Waals surface area contributed by atoms with Gasteiger partial charge in [-0.15, -0.1) is 0 Å². The van der Waals surface area contributed by atoms with Crippen molar-refractivity contribution in [3.05, 3.63) is 34.9 Å². The van der Waals surface area contributed by atoms with Crippen LogP contribution >= 0.6 is 0 Å². The zero-order valence-corrected chi connectivity index (χ0v) is 11.9. The molecule has 0 aliphatic rings. The van der Waals surface area contributed by atoms with Crippen LogP contribution in [0.15, 0.2) is 18.2 Å². The van der Waals surface area contributed by atoms with E-state index in [2.05, 4.69) is 63.2 Å². The molecule has 1 N–H and O–H groups in total. The summed E-state index contributed by atoms with van der Waals surface area (Å²) in [5.41, 5.74) is 4.12. The summed E-state index contributed by atoms with van der Waals surface area (Å²) in [7, 11) is 2.16. The molecule has 1 rings (SSSR count). The van der Waals surface area contributed by atoms with Crippen molar-refractivity contribution < 1.29 is 0 Å². The number of nitrogens with zero attached hydrogens (tertiary/aromatic N) is 1. The molecule has 0 aliphatic heterocycles. The first kappa shape index (κ1) is 14.2. The lowest BCUT2D eigenvalue weighted by Crippen LogP contribution is -2.36. The van der Waals surface area contributed by atoms with E-state index in [4.69, 9.17) is 0 Å². The van der Waals surface area contributed by atoms with Gasteiger partial charge in [-0.3, -0.25) is 0 Å². The summed E-state index contributed by atoms with van der Waals surface area (Å²) in [6, 6.07) is 7.22. The summed E-state index contributed by atoms with van der Waals surface area (Å²) in [6.07, 6.45) is 0. The van der Waals surface area contributed by atoms with Crippen molar-refractivity contribution in [3.63, 3.8) is 0 Å². The lowest BCUT2D eigenvalue weighted by Gasteiger charge is -2.20. The molecule has 0 heterocycles. The highest BCUT2D eigenvalue weighted by Crippen LogP contribution is 2.09. The summed E-state index contributed by atoms with van der Waals surface area (Å²) in [5, 5.41) is 3.57. The molecule has 0 aromatic heterocycles. The molecule has 1 unspecified atom stereocenters. The van der Waals surface area contributed by atoms with Crippen molar-refractivity contribution in [3.8, 4) is 0 Å². The molecular weight excluding hydrogens is 208 g/mol. The number of hydrogen-bond acceptors (Lipinski definition) is 2. The normalized spacial score (nSPS) is 13.1. The second kappa shape index (κ2) is 6.77. The summed E-state index contributed by atoms with van der Waals surface area (Å²) in [5.74, 6) is 0. The van der Waals surface area contributed by atoms with Crippen molar-refractivity contribution in [2.45, 2.75) is 40.3 Å². The SMILES string of the molecule is CCN(C)CC(C)NCc1ccc(C)c(C)c1. The molecule has 0 radical (unpaired) electrons. The van der Waals surface area contributed by atoms with Gasteiger partial charge in [0, 0.05) is 19.1 Å². The Labute approximate surface area is 106 Å². The Kier molecular flexibility index (Phi) is 5.66. The second-order valence-electron chi connectivity index (χ2n) is 5.06. The fourth-order valence-corrected chi connectivity index (χ4v) is 1.87. The molecule has 0 saturated heterocycles. The van der Waals surface area contributed by atoms with Crippen molar-refractivity contribution in [2.75, 3.05) is 20.1 Å². The van der Waals surface area contributed by atoms with Gasteiger partial charge in [0.25, 0.3) is 0 Å². The molecule has 2 heteroatoms. The molecule has 0 spiro atoms. The minimum atomic E-state index is 0.529. The van der Waals surface area contributed by atoms with Crippen LogP contribution in [0.25, 0.3) is 0 Å². The van der Waals surface area contributed by atoms with E-state index in [-0.39, 0.29) is 0 Å². The molecule has 0 fully saturated rings. The molecule has 1 atom stereocenters. The summed E-state index contributed by atoms with van der Waals surface area (Å²) in [4.78, 5) is 2.33. The van der Waals surface area contributed by atoms with Gasteiger partial charge in [-0.2, -0.15) is 0 Å². The van der Waals surface area contributed by atoms with E-state index >= 15 is 0 Å². The maximum absolute atomic E-state index is 3.57. The molecule has 1 aromatic carbocycles. The molecule has 0 bridgehead atoms. The maximum Gasteiger partial charge on any atom is 0.0208 e. The van der Waals surface area contributed by atoms with E-state index in [0.717, 1.165) is 19.6 Å². The van der Waals surface area contributed by atoms with Crippen molar-refractivity contribution >= 4 is 0 Å². The fourth-order valence-electron chi connectivity index (χ4n) is 1.87. The van der Waals surface area contributed by atoms with Crippen LogP contribution in [0.2, 0.25) is 0 Å². The Morgan fingerprint density at radius 2 is 1.94 bits per heavy atom. The first-order valence-electron chi connectivity index (χ1n) is 6.51. The minimum absolute atomic E-state index is 0.529. The van der Waals surface area contributed by atoms with Gasteiger partial charge in [0.2, 0.25) is 0 Å². The highest BCUT2D eigenvalue weighted by molar-refractivity contribution is 5.29. The molecule has 1 aromatic rings. The Hall–Kier alpha value is -0.860. The highest BCUT2D eigenvalue weighted by Gasteiger charge is 2.04. The third kappa shape index (κ3) is 4.88. The predicted molar refractivity (Wildman–Crippen MR) is 75.4 cm³/mol. The van der Waals surface area contributed by atoms with Gasteiger partial charge in [0.05, 0.1) is 0 Å². The zero-order valence-electron chi connectivity index (χ0n) is 11.9. The van der Waals surface area contributed by atoms with Crippen LogP contribution in [0.3, 0.4) is 0 Å². The van der Waals surface area contributed by atoms with Gasteiger partial charge in [-0.1, -0.05) is 25.1 Å². The van der Waals surface area contributed by atoms with E-state index < -0.39 is 0 Å². The van der Waals surface area contributed by atoms with Crippen molar-refractivity contribution in [1.82, 2.24) is 10.2 Å². The van der Waals surface area contributed by atoms with E-state index in [1.165, 1.54) is 16.7 Å². The Bertz CT molecular complexity index is 347. The van der Waals surface area contributed by atoms with Gasteiger partial charge >= 0.3 is 0 Å². The van der Waals surface area contributed by atoms with Crippen molar-refractivity contribution in [2.24, 2.45) is 0 Å². The van der Waals surface area contributed by atoms with Crippen molar-refractivity contribution in [1.29, 1.82) is 0 Å². The number of hydrogen-bond donors (Lipinski definition) is 1. The molecule has 96 valence electrons. The van der Waals surface area contributed by atoms with E-state index in [9.17, 15) is 0 Å². The summed E-state index contributed by atoms with van der Waals surface area (Å²) in [6.45, 7) is 11.9. The van der Waals surface area contributed by atoms with E-state index in [1.807, 2.05) is 0 Å². The Morgan fingerprint density at radius 3 is 2.53 bits per heavy atom. The first-order chi connectivity index (χ1) is 8.02. The summed E-state index contributed by atoms with van der Waals surface area (Å²) >= 11 is 0. The number of rotatable bonds is 6. The van der Waals surface area contributed by atoms with Crippen LogP contribution in [-0.4, -0.2) is 31.1 Å². The van der Waals surface area contributed by atoms with Gasteiger partial charge in [-0.05, 0) is 51.1 Å². The Balaban J connectivity index is 2.42. The molecule has 0 saturated carbocycles.